The van der Waals surface area contributed by atoms with Crippen molar-refractivity contribution in [3.8, 4) is 11.3 Å². The average molecular weight is 346 g/mol. The number of rotatable bonds is 3. The minimum Gasteiger partial charge on any atom is -0.322 e. The Hall–Kier alpha value is -3.54. The van der Waals surface area contributed by atoms with Gasteiger partial charge in [-0.3, -0.25) is 9.20 Å². The molecule has 0 bridgehead atoms. The van der Waals surface area contributed by atoms with E-state index in [4.69, 9.17) is 0 Å². The Morgan fingerprint density at radius 3 is 2.73 bits per heavy atom. The highest BCUT2D eigenvalue weighted by molar-refractivity contribution is 6.04. The molecule has 2 aromatic carbocycles. The molecule has 128 valence electrons. The maximum atomic E-state index is 13.0. The first-order chi connectivity index (χ1) is 12.6. The highest BCUT2D eigenvalue weighted by atomic mass is 19.1. The minimum atomic E-state index is -0.375. The van der Waals surface area contributed by atoms with Gasteiger partial charge in [-0.1, -0.05) is 12.1 Å². The molecule has 1 N–H and O–H groups in total. The van der Waals surface area contributed by atoms with Crippen molar-refractivity contribution in [2.45, 2.75) is 6.92 Å². The van der Waals surface area contributed by atoms with E-state index in [1.807, 2.05) is 48.0 Å². The summed E-state index contributed by atoms with van der Waals surface area (Å²) in [5, 5.41) is 2.88. The van der Waals surface area contributed by atoms with E-state index in [0.29, 0.717) is 17.0 Å². The number of hydrogen-bond acceptors (Lipinski definition) is 3. The molecule has 4 rings (SSSR count). The van der Waals surface area contributed by atoms with Crippen LogP contribution in [0.2, 0.25) is 0 Å². The van der Waals surface area contributed by atoms with E-state index in [9.17, 15) is 9.18 Å². The average Bonchev–Trinajstić information content (AvgIpc) is 3.08. The topological polar surface area (TPSA) is 59.3 Å². The number of nitrogens with one attached hydrogen (secondary N) is 1. The Morgan fingerprint density at radius 2 is 1.96 bits per heavy atom. The Kier molecular flexibility index (Phi) is 3.93. The molecule has 4 aromatic rings. The first-order valence-electron chi connectivity index (χ1n) is 8.08. The van der Waals surface area contributed by atoms with Gasteiger partial charge in [0.2, 0.25) is 5.78 Å². The van der Waals surface area contributed by atoms with Crippen molar-refractivity contribution in [1.82, 2.24) is 14.4 Å². The van der Waals surface area contributed by atoms with Gasteiger partial charge in [-0.05, 0) is 48.9 Å². The molecule has 0 spiro atoms. The number of nitrogens with zero attached hydrogens (tertiary/aromatic N) is 3. The molecule has 6 heteroatoms. The van der Waals surface area contributed by atoms with E-state index in [1.165, 1.54) is 24.3 Å². The summed E-state index contributed by atoms with van der Waals surface area (Å²) in [6.07, 6.45) is 5.46. The number of carbonyl (C=O) groups is 1. The van der Waals surface area contributed by atoms with Crippen molar-refractivity contribution in [3.05, 3.63) is 84.1 Å². The molecular formula is C20H15FN4O. The van der Waals surface area contributed by atoms with Gasteiger partial charge in [0.05, 0.1) is 5.69 Å². The molecule has 0 aliphatic heterocycles. The predicted octanol–water partition coefficient (Wildman–Crippen LogP) is 4.10. The maximum absolute atomic E-state index is 13.0. The monoisotopic (exact) mass is 346 g/mol. The lowest BCUT2D eigenvalue weighted by Crippen LogP contribution is -2.12. The summed E-state index contributed by atoms with van der Waals surface area (Å²) in [5.74, 6) is -0.0536. The molecule has 2 heterocycles. The second-order valence-corrected chi connectivity index (χ2v) is 5.94. The number of imidazole rings is 1. The minimum absolute atomic E-state index is 0.290. The molecule has 0 unspecified atom stereocenters. The highest BCUT2D eigenvalue weighted by Gasteiger charge is 2.11. The van der Waals surface area contributed by atoms with Crippen LogP contribution >= 0.6 is 0 Å². The van der Waals surface area contributed by atoms with Crippen LogP contribution < -0.4 is 5.32 Å². The fraction of sp³-hybridized carbons (Fsp3) is 0.0500. The molecular weight excluding hydrogens is 331 g/mol. The van der Waals surface area contributed by atoms with E-state index >= 15 is 0 Å². The number of aromatic nitrogens is 3. The first kappa shape index (κ1) is 16.0. The van der Waals surface area contributed by atoms with Gasteiger partial charge >= 0.3 is 0 Å². The molecule has 2 aromatic heterocycles. The van der Waals surface area contributed by atoms with E-state index in [1.54, 1.807) is 6.20 Å². The van der Waals surface area contributed by atoms with Crippen LogP contribution in [0.15, 0.2) is 67.1 Å². The summed E-state index contributed by atoms with van der Waals surface area (Å²) in [6, 6.07) is 13.0. The zero-order chi connectivity index (χ0) is 18.1. The van der Waals surface area contributed by atoms with Crippen LogP contribution in [0.5, 0.6) is 0 Å². The number of halogens is 1. The number of anilines is 1. The van der Waals surface area contributed by atoms with Crippen molar-refractivity contribution >= 4 is 17.4 Å². The fourth-order valence-electron chi connectivity index (χ4n) is 2.68. The summed E-state index contributed by atoms with van der Waals surface area (Å²) in [4.78, 5) is 21.1. The van der Waals surface area contributed by atoms with E-state index in [-0.39, 0.29) is 11.7 Å². The predicted molar refractivity (Wildman–Crippen MR) is 97.5 cm³/mol. The van der Waals surface area contributed by atoms with Crippen LogP contribution in [-0.2, 0) is 0 Å². The number of benzene rings is 2. The van der Waals surface area contributed by atoms with Crippen LogP contribution in [-0.4, -0.2) is 20.3 Å². The Labute approximate surface area is 149 Å². The van der Waals surface area contributed by atoms with Gasteiger partial charge in [-0.25, -0.2) is 14.4 Å². The number of carbonyl (C=O) groups excluding carboxylic acids is 1. The molecule has 0 aliphatic carbocycles. The van der Waals surface area contributed by atoms with Crippen molar-refractivity contribution in [2.75, 3.05) is 5.32 Å². The first-order valence-corrected chi connectivity index (χ1v) is 8.08. The lowest BCUT2D eigenvalue weighted by molar-refractivity contribution is 0.102. The Balaban J connectivity index is 1.65. The van der Waals surface area contributed by atoms with Crippen molar-refractivity contribution < 1.29 is 9.18 Å². The summed E-state index contributed by atoms with van der Waals surface area (Å²) >= 11 is 0. The van der Waals surface area contributed by atoms with Crippen LogP contribution in [0, 0.1) is 12.7 Å². The second kappa shape index (κ2) is 6.40. The summed E-state index contributed by atoms with van der Waals surface area (Å²) in [7, 11) is 0. The zero-order valence-corrected chi connectivity index (χ0v) is 14.0. The van der Waals surface area contributed by atoms with Crippen LogP contribution in [0.25, 0.3) is 17.0 Å². The molecule has 0 saturated heterocycles. The smallest absolute Gasteiger partial charge is 0.255 e. The third kappa shape index (κ3) is 3.04. The van der Waals surface area contributed by atoms with Gasteiger partial charge in [0.25, 0.3) is 5.91 Å². The van der Waals surface area contributed by atoms with Crippen molar-refractivity contribution in [1.29, 1.82) is 0 Å². The molecule has 26 heavy (non-hydrogen) atoms. The van der Waals surface area contributed by atoms with Crippen LogP contribution in [0.4, 0.5) is 10.1 Å². The molecule has 5 nitrogen and oxygen atoms in total. The van der Waals surface area contributed by atoms with E-state index in [2.05, 4.69) is 15.3 Å². The molecule has 0 aliphatic rings. The number of fused-ring (bicyclic) bond motifs is 1. The highest BCUT2D eigenvalue weighted by Crippen LogP contribution is 2.25. The second-order valence-electron chi connectivity index (χ2n) is 5.94. The molecule has 1 amide bonds. The number of aryl methyl sites for hydroxylation is 1. The van der Waals surface area contributed by atoms with E-state index < -0.39 is 0 Å². The third-order valence-electron chi connectivity index (χ3n) is 4.12. The quantitative estimate of drug-likeness (QED) is 0.608. The van der Waals surface area contributed by atoms with E-state index in [0.717, 1.165) is 16.8 Å². The molecule has 0 fully saturated rings. The normalized spacial score (nSPS) is 10.8. The van der Waals surface area contributed by atoms with Gasteiger partial charge in [-0.2, -0.15) is 0 Å². The van der Waals surface area contributed by atoms with Crippen molar-refractivity contribution in [2.24, 2.45) is 0 Å². The van der Waals surface area contributed by atoms with Gasteiger partial charge in [0.1, 0.15) is 5.82 Å². The summed E-state index contributed by atoms with van der Waals surface area (Å²) in [5.41, 5.74) is 3.64. The largest absolute Gasteiger partial charge is 0.322 e. The fourth-order valence-corrected chi connectivity index (χ4v) is 2.68. The Bertz CT molecular complexity index is 1070. The van der Waals surface area contributed by atoms with Crippen molar-refractivity contribution in [3.63, 3.8) is 0 Å². The summed E-state index contributed by atoms with van der Waals surface area (Å²) < 4.78 is 14.9. The third-order valence-corrected chi connectivity index (χ3v) is 4.12. The van der Waals surface area contributed by atoms with Gasteiger partial charge in [0, 0.05) is 35.4 Å². The summed E-state index contributed by atoms with van der Waals surface area (Å²) in [6.45, 7) is 1.91. The maximum Gasteiger partial charge on any atom is 0.255 e. The number of hydrogen-bond donors (Lipinski definition) is 1. The standard InChI is InChI=1S/C20H15FN4O/c1-13-3-4-15(18-12-25-10-2-9-22-20(25)24-18)11-17(13)23-19(26)14-5-7-16(21)8-6-14/h2-12H,1H3,(H,23,26). The van der Waals surface area contributed by atoms with Gasteiger partial charge < -0.3 is 5.32 Å². The van der Waals surface area contributed by atoms with Gasteiger partial charge in [-0.15, -0.1) is 0 Å². The molecule has 0 radical (unpaired) electrons. The van der Waals surface area contributed by atoms with Gasteiger partial charge in [0.15, 0.2) is 0 Å². The lowest BCUT2D eigenvalue weighted by Gasteiger charge is -2.10. The van der Waals surface area contributed by atoms with Crippen LogP contribution in [0.1, 0.15) is 15.9 Å². The zero-order valence-electron chi connectivity index (χ0n) is 14.0. The lowest BCUT2D eigenvalue weighted by atomic mass is 10.1. The molecule has 0 saturated carbocycles. The molecule has 0 atom stereocenters. The number of amides is 1. The SMILES string of the molecule is Cc1ccc(-c2cn3cccnc3n2)cc1NC(=O)c1ccc(F)cc1. The Morgan fingerprint density at radius 1 is 1.15 bits per heavy atom. The van der Waals surface area contributed by atoms with Crippen LogP contribution in [0.3, 0.4) is 0 Å².